The molecule has 6 heteroatoms. The molecule has 0 saturated heterocycles. The molecule has 1 saturated carbocycles. The van der Waals surface area contributed by atoms with Gasteiger partial charge in [-0.2, -0.15) is 10.2 Å². The summed E-state index contributed by atoms with van der Waals surface area (Å²) in [6, 6.07) is 8.93. The van der Waals surface area contributed by atoms with Crippen molar-refractivity contribution < 1.29 is 13.9 Å². The van der Waals surface area contributed by atoms with Crippen LogP contribution >= 0.6 is 0 Å². The van der Waals surface area contributed by atoms with E-state index in [1.807, 2.05) is 24.3 Å². The van der Waals surface area contributed by atoms with Gasteiger partial charge in [0.2, 0.25) is 6.79 Å². The molecule has 1 aliphatic heterocycles. The van der Waals surface area contributed by atoms with E-state index < -0.39 is 0 Å². The lowest BCUT2D eigenvalue weighted by molar-refractivity contribution is 0.174. The molecule has 0 amide bonds. The van der Waals surface area contributed by atoms with Crippen LogP contribution in [0.4, 0.5) is 6.01 Å². The maximum atomic E-state index is 9.02. The number of anilines is 1. The van der Waals surface area contributed by atoms with E-state index in [0.717, 1.165) is 29.9 Å². The Morgan fingerprint density at radius 1 is 1.17 bits per heavy atom. The first-order valence-corrected chi connectivity index (χ1v) is 8.34. The van der Waals surface area contributed by atoms with E-state index in [9.17, 15) is 0 Å². The first kappa shape index (κ1) is 14.9. The molecule has 2 heterocycles. The van der Waals surface area contributed by atoms with Gasteiger partial charge in [0.25, 0.3) is 6.01 Å². The fraction of sp³-hybridized carbons (Fsp3) is 0.444. The van der Waals surface area contributed by atoms with Crippen LogP contribution in [-0.4, -0.2) is 17.8 Å². The summed E-state index contributed by atoms with van der Waals surface area (Å²) >= 11 is 0. The molecule has 124 valence electrons. The molecule has 24 heavy (non-hydrogen) atoms. The Kier molecular flexibility index (Phi) is 3.99. The third-order valence-corrected chi connectivity index (χ3v) is 4.66. The first-order chi connectivity index (χ1) is 11.8. The first-order valence-electron chi connectivity index (χ1n) is 8.34. The Bertz CT molecular complexity index is 759. The van der Waals surface area contributed by atoms with Gasteiger partial charge in [0.15, 0.2) is 17.2 Å². The number of hydrogen-bond donors (Lipinski definition) is 0. The number of fused-ring (bicyclic) bond motifs is 1. The zero-order valence-electron chi connectivity index (χ0n) is 13.4. The highest BCUT2D eigenvalue weighted by atomic mass is 16.7. The smallest absolute Gasteiger partial charge is 0.299 e. The Balaban J connectivity index is 1.61. The average Bonchev–Trinajstić information content (AvgIpc) is 3.29. The highest BCUT2D eigenvalue weighted by molar-refractivity contribution is 5.46. The van der Waals surface area contributed by atoms with E-state index in [-0.39, 0.29) is 6.79 Å². The van der Waals surface area contributed by atoms with Gasteiger partial charge in [-0.3, -0.25) is 0 Å². The molecule has 1 aromatic heterocycles. The van der Waals surface area contributed by atoms with Crippen LogP contribution in [0.2, 0.25) is 0 Å². The van der Waals surface area contributed by atoms with Gasteiger partial charge in [0, 0.05) is 12.6 Å². The highest BCUT2D eigenvalue weighted by Gasteiger charge is 2.26. The summed E-state index contributed by atoms with van der Waals surface area (Å²) in [5.41, 5.74) is 1.43. The van der Waals surface area contributed by atoms with E-state index in [4.69, 9.17) is 19.2 Å². The van der Waals surface area contributed by atoms with Crippen LogP contribution in [0, 0.1) is 11.3 Å². The number of nitriles is 1. The van der Waals surface area contributed by atoms with Gasteiger partial charge in [0.05, 0.1) is 0 Å². The van der Waals surface area contributed by atoms with E-state index in [2.05, 4.69) is 9.88 Å². The standard InChI is InChI=1S/C18H19N3O3/c19-9-14-11-22-18(20-14)21(15-4-2-1-3-5-15)10-13-6-7-16-17(8-13)24-12-23-16/h6-8,11,15H,1-5,10,12H2. The van der Waals surface area contributed by atoms with Crippen molar-refractivity contribution in [3.8, 4) is 17.6 Å². The predicted molar refractivity (Wildman–Crippen MR) is 86.8 cm³/mol. The summed E-state index contributed by atoms with van der Waals surface area (Å²) in [4.78, 5) is 6.49. The summed E-state index contributed by atoms with van der Waals surface area (Å²) in [6.45, 7) is 0.948. The van der Waals surface area contributed by atoms with Crippen LogP contribution in [0.5, 0.6) is 11.5 Å². The molecule has 1 fully saturated rings. The van der Waals surface area contributed by atoms with Gasteiger partial charge < -0.3 is 18.8 Å². The second-order valence-electron chi connectivity index (χ2n) is 6.23. The summed E-state index contributed by atoms with van der Waals surface area (Å²) in [7, 11) is 0. The minimum Gasteiger partial charge on any atom is -0.454 e. The molecule has 0 radical (unpaired) electrons. The summed E-state index contributed by atoms with van der Waals surface area (Å²) in [6.07, 6.45) is 7.38. The van der Waals surface area contributed by atoms with E-state index >= 15 is 0 Å². The third kappa shape index (κ3) is 2.90. The van der Waals surface area contributed by atoms with Gasteiger partial charge in [-0.05, 0) is 30.5 Å². The molecule has 0 atom stereocenters. The molecule has 2 aliphatic rings. The lowest BCUT2D eigenvalue weighted by Gasteiger charge is -2.33. The summed E-state index contributed by atoms with van der Waals surface area (Å²) in [5.74, 6) is 1.56. The van der Waals surface area contributed by atoms with Gasteiger partial charge in [-0.15, -0.1) is 0 Å². The minimum absolute atomic E-state index is 0.274. The van der Waals surface area contributed by atoms with Crippen molar-refractivity contribution in [1.29, 1.82) is 5.26 Å². The van der Waals surface area contributed by atoms with Crippen molar-refractivity contribution >= 4 is 6.01 Å². The number of ether oxygens (including phenoxy) is 2. The van der Waals surface area contributed by atoms with Crippen molar-refractivity contribution in [3.05, 3.63) is 35.7 Å². The maximum absolute atomic E-state index is 9.02. The number of oxazole rings is 1. The van der Waals surface area contributed by atoms with E-state index in [0.29, 0.717) is 24.3 Å². The monoisotopic (exact) mass is 325 g/mol. The van der Waals surface area contributed by atoms with Crippen molar-refractivity contribution in [3.63, 3.8) is 0 Å². The largest absolute Gasteiger partial charge is 0.454 e. The van der Waals surface area contributed by atoms with Crippen LogP contribution in [0.1, 0.15) is 43.4 Å². The molecule has 4 rings (SSSR count). The number of benzene rings is 1. The van der Waals surface area contributed by atoms with Crippen molar-refractivity contribution in [2.24, 2.45) is 0 Å². The molecule has 0 unspecified atom stereocenters. The van der Waals surface area contributed by atoms with E-state index in [1.165, 1.54) is 25.5 Å². The maximum Gasteiger partial charge on any atom is 0.299 e. The fourth-order valence-corrected chi connectivity index (χ4v) is 3.43. The van der Waals surface area contributed by atoms with Gasteiger partial charge >= 0.3 is 0 Å². The van der Waals surface area contributed by atoms with Crippen LogP contribution in [0.25, 0.3) is 0 Å². The normalized spacial score (nSPS) is 16.8. The molecule has 2 aromatic rings. The number of rotatable bonds is 4. The molecule has 1 aromatic carbocycles. The lowest BCUT2D eigenvalue weighted by atomic mass is 9.94. The molecule has 0 bridgehead atoms. The Labute approximate surface area is 140 Å². The van der Waals surface area contributed by atoms with Gasteiger partial charge in [-0.25, -0.2) is 0 Å². The van der Waals surface area contributed by atoms with Crippen molar-refractivity contribution in [2.75, 3.05) is 11.7 Å². The zero-order chi connectivity index (χ0) is 16.4. The zero-order valence-corrected chi connectivity index (χ0v) is 13.4. The van der Waals surface area contributed by atoms with Crippen molar-refractivity contribution in [2.45, 2.75) is 44.7 Å². The predicted octanol–water partition coefficient (Wildman–Crippen LogP) is 3.61. The second kappa shape index (κ2) is 6.44. The third-order valence-electron chi connectivity index (χ3n) is 4.66. The van der Waals surface area contributed by atoms with Crippen molar-refractivity contribution in [1.82, 2.24) is 4.98 Å². The topological polar surface area (TPSA) is 71.5 Å². The quantitative estimate of drug-likeness (QED) is 0.855. The Morgan fingerprint density at radius 3 is 2.79 bits per heavy atom. The molecule has 0 spiro atoms. The highest BCUT2D eigenvalue weighted by Crippen LogP contribution is 2.34. The SMILES string of the molecule is N#Cc1coc(N(Cc2ccc3c(c2)OCO3)C2CCCCC2)n1. The molecular weight excluding hydrogens is 306 g/mol. The molecular formula is C18H19N3O3. The van der Waals surface area contributed by atoms with Gasteiger partial charge in [0.1, 0.15) is 12.3 Å². The number of hydrogen-bond acceptors (Lipinski definition) is 6. The van der Waals surface area contributed by atoms with Gasteiger partial charge in [-0.1, -0.05) is 25.3 Å². The van der Waals surface area contributed by atoms with Crippen LogP contribution in [0.15, 0.2) is 28.9 Å². The average molecular weight is 325 g/mol. The number of aromatic nitrogens is 1. The molecule has 6 nitrogen and oxygen atoms in total. The van der Waals surface area contributed by atoms with Crippen LogP contribution < -0.4 is 14.4 Å². The van der Waals surface area contributed by atoms with Crippen LogP contribution in [-0.2, 0) is 6.54 Å². The van der Waals surface area contributed by atoms with E-state index in [1.54, 1.807) is 0 Å². The van der Waals surface area contributed by atoms with Crippen LogP contribution in [0.3, 0.4) is 0 Å². The summed E-state index contributed by atoms with van der Waals surface area (Å²) in [5, 5.41) is 9.02. The molecule has 1 aliphatic carbocycles. The summed E-state index contributed by atoms with van der Waals surface area (Å²) < 4.78 is 16.4. The second-order valence-corrected chi connectivity index (χ2v) is 6.23. The minimum atomic E-state index is 0.274. The Morgan fingerprint density at radius 2 is 2.00 bits per heavy atom. The molecule has 0 N–H and O–H groups in total. The lowest BCUT2D eigenvalue weighted by Crippen LogP contribution is -2.36. The fourth-order valence-electron chi connectivity index (χ4n) is 3.43. The number of nitrogens with zero attached hydrogens (tertiary/aromatic N) is 3. The Hall–Kier alpha value is -2.68.